The number of nitrogens with one attached hydrogen (secondary N) is 1. The van der Waals surface area contributed by atoms with E-state index in [0.717, 1.165) is 50.2 Å². The summed E-state index contributed by atoms with van der Waals surface area (Å²) in [5.74, 6) is 0.0812. The normalized spacial score (nSPS) is 41.8. The molecular formula is C16H28N2O2. The summed E-state index contributed by atoms with van der Waals surface area (Å²) in [6.07, 6.45) is 9.33. The fourth-order valence-electron chi connectivity index (χ4n) is 4.62. The van der Waals surface area contributed by atoms with Gasteiger partial charge in [-0.3, -0.25) is 4.79 Å². The van der Waals surface area contributed by atoms with E-state index in [1.807, 2.05) is 0 Å². The van der Waals surface area contributed by atoms with Crippen LogP contribution in [0.25, 0.3) is 0 Å². The third-order valence-corrected chi connectivity index (χ3v) is 5.91. The van der Waals surface area contributed by atoms with Gasteiger partial charge in [-0.05, 0) is 64.5 Å². The zero-order chi connectivity index (χ0) is 14.1. The fraction of sp³-hybridized carbons (Fsp3) is 0.938. The molecule has 3 aliphatic rings. The molecule has 4 nitrogen and oxygen atoms in total. The van der Waals surface area contributed by atoms with Gasteiger partial charge in [-0.1, -0.05) is 6.42 Å². The standard InChI is InChI=1S/C16H28N2O2/c1-18-14-5-6-15(18)8-11(7-14)10-17-13-4-2-3-12(9-13)16(19)20/h11-15,17H,2-10H2,1H3,(H,19,20). The molecule has 0 radical (unpaired) electrons. The highest BCUT2D eigenvalue weighted by Crippen LogP contribution is 2.37. The van der Waals surface area contributed by atoms with Crippen LogP contribution >= 0.6 is 0 Å². The van der Waals surface area contributed by atoms with E-state index in [2.05, 4.69) is 17.3 Å². The number of fused-ring (bicyclic) bond motifs is 2. The molecular weight excluding hydrogens is 252 g/mol. The van der Waals surface area contributed by atoms with Gasteiger partial charge >= 0.3 is 5.97 Å². The lowest BCUT2D eigenvalue weighted by Crippen LogP contribution is -2.45. The Morgan fingerprint density at radius 2 is 1.85 bits per heavy atom. The maximum absolute atomic E-state index is 11.1. The number of nitrogens with zero attached hydrogens (tertiary/aromatic N) is 1. The third-order valence-electron chi connectivity index (χ3n) is 5.91. The van der Waals surface area contributed by atoms with E-state index in [-0.39, 0.29) is 5.92 Å². The molecule has 1 saturated carbocycles. The largest absolute Gasteiger partial charge is 0.481 e. The summed E-state index contributed by atoms with van der Waals surface area (Å²) < 4.78 is 0. The van der Waals surface area contributed by atoms with Gasteiger partial charge in [-0.25, -0.2) is 0 Å². The van der Waals surface area contributed by atoms with Crippen molar-refractivity contribution in [3.8, 4) is 0 Å². The maximum atomic E-state index is 11.1. The Balaban J connectivity index is 1.44. The lowest BCUT2D eigenvalue weighted by molar-refractivity contribution is -0.143. The van der Waals surface area contributed by atoms with Gasteiger partial charge in [0.1, 0.15) is 0 Å². The summed E-state index contributed by atoms with van der Waals surface area (Å²) >= 11 is 0. The molecule has 3 rings (SSSR count). The van der Waals surface area contributed by atoms with Gasteiger partial charge in [-0.2, -0.15) is 0 Å². The van der Waals surface area contributed by atoms with Crippen LogP contribution in [-0.4, -0.2) is 47.7 Å². The molecule has 2 heterocycles. The minimum atomic E-state index is -0.603. The van der Waals surface area contributed by atoms with Crippen LogP contribution < -0.4 is 5.32 Å². The van der Waals surface area contributed by atoms with Gasteiger partial charge in [0, 0.05) is 18.1 Å². The predicted molar refractivity (Wildman–Crippen MR) is 78.7 cm³/mol. The van der Waals surface area contributed by atoms with Crippen molar-refractivity contribution in [2.24, 2.45) is 11.8 Å². The Morgan fingerprint density at radius 3 is 2.50 bits per heavy atom. The van der Waals surface area contributed by atoms with E-state index >= 15 is 0 Å². The number of carbonyl (C=O) groups is 1. The van der Waals surface area contributed by atoms with Crippen molar-refractivity contribution in [1.29, 1.82) is 0 Å². The highest BCUT2D eigenvalue weighted by Gasteiger charge is 2.38. The second-order valence-corrected chi connectivity index (χ2v) is 7.19. The van der Waals surface area contributed by atoms with Crippen LogP contribution in [0.3, 0.4) is 0 Å². The smallest absolute Gasteiger partial charge is 0.306 e. The number of hydrogen-bond donors (Lipinski definition) is 2. The summed E-state index contributed by atoms with van der Waals surface area (Å²) in [6.45, 7) is 1.10. The molecule has 0 spiro atoms. The molecule has 2 saturated heterocycles. The molecule has 0 aromatic carbocycles. The van der Waals surface area contributed by atoms with Crippen LogP contribution in [0.15, 0.2) is 0 Å². The molecule has 0 aromatic rings. The molecule has 4 heteroatoms. The van der Waals surface area contributed by atoms with Gasteiger partial charge in [0.05, 0.1) is 5.92 Å². The summed E-state index contributed by atoms with van der Waals surface area (Å²) in [6, 6.07) is 2.04. The molecule has 20 heavy (non-hydrogen) atoms. The monoisotopic (exact) mass is 280 g/mol. The molecule has 1 aliphatic carbocycles. The SMILES string of the molecule is CN1C2CCC1CC(CNC1CCCC(C(=O)O)C1)C2. The van der Waals surface area contributed by atoms with E-state index in [0.29, 0.717) is 6.04 Å². The van der Waals surface area contributed by atoms with E-state index < -0.39 is 5.97 Å². The van der Waals surface area contributed by atoms with Crippen molar-refractivity contribution in [2.45, 2.75) is 69.5 Å². The van der Waals surface area contributed by atoms with Gasteiger partial charge in [-0.15, -0.1) is 0 Å². The van der Waals surface area contributed by atoms with E-state index in [9.17, 15) is 4.79 Å². The second kappa shape index (κ2) is 6.02. The van der Waals surface area contributed by atoms with Gasteiger partial charge in [0.15, 0.2) is 0 Å². The number of hydrogen-bond acceptors (Lipinski definition) is 3. The quantitative estimate of drug-likeness (QED) is 0.828. The van der Waals surface area contributed by atoms with Gasteiger partial charge < -0.3 is 15.3 Å². The fourth-order valence-corrected chi connectivity index (χ4v) is 4.62. The Kier molecular flexibility index (Phi) is 4.32. The molecule has 2 N–H and O–H groups in total. The number of rotatable bonds is 4. The highest BCUT2D eigenvalue weighted by molar-refractivity contribution is 5.70. The summed E-state index contributed by atoms with van der Waals surface area (Å²) in [7, 11) is 2.28. The average Bonchev–Trinajstić information content (AvgIpc) is 2.67. The lowest BCUT2D eigenvalue weighted by Gasteiger charge is -2.37. The van der Waals surface area contributed by atoms with E-state index in [1.165, 1.54) is 25.7 Å². The lowest BCUT2D eigenvalue weighted by atomic mass is 9.85. The topological polar surface area (TPSA) is 52.6 Å². The first-order valence-electron chi connectivity index (χ1n) is 8.31. The molecule has 2 bridgehead atoms. The zero-order valence-corrected chi connectivity index (χ0v) is 12.6. The van der Waals surface area contributed by atoms with Crippen molar-refractivity contribution < 1.29 is 9.90 Å². The molecule has 4 atom stereocenters. The van der Waals surface area contributed by atoms with Crippen LogP contribution in [0.5, 0.6) is 0 Å². The summed E-state index contributed by atoms with van der Waals surface area (Å²) in [4.78, 5) is 13.7. The van der Waals surface area contributed by atoms with Crippen LogP contribution in [0.4, 0.5) is 0 Å². The number of carboxylic acids is 1. The van der Waals surface area contributed by atoms with E-state index in [4.69, 9.17) is 5.11 Å². The van der Waals surface area contributed by atoms with Crippen molar-refractivity contribution in [3.63, 3.8) is 0 Å². The van der Waals surface area contributed by atoms with Crippen LogP contribution in [-0.2, 0) is 4.79 Å². The molecule has 0 amide bonds. The van der Waals surface area contributed by atoms with E-state index in [1.54, 1.807) is 0 Å². The molecule has 4 unspecified atom stereocenters. The van der Waals surface area contributed by atoms with Crippen molar-refractivity contribution >= 4 is 5.97 Å². The van der Waals surface area contributed by atoms with Crippen molar-refractivity contribution in [3.05, 3.63) is 0 Å². The van der Waals surface area contributed by atoms with Gasteiger partial charge in [0.25, 0.3) is 0 Å². The van der Waals surface area contributed by atoms with Gasteiger partial charge in [0.2, 0.25) is 0 Å². The Bertz CT molecular complexity index is 346. The van der Waals surface area contributed by atoms with Crippen molar-refractivity contribution in [2.75, 3.05) is 13.6 Å². The second-order valence-electron chi connectivity index (χ2n) is 7.19. The van der Waals surface area contributed by atoms with Crippen LogP contribution in [0.2, 0.25) is 0 Å². The van der Waals surface area contributed by atoms with Crippen LogP contribution in [0, 0.1) is 11.8 Å². The Hall–Kier alpha value is -0.610. The first kappa shape index (κ1) is 14.3. The Labute approximate surface area is 121 Å². The zero-order valence-electron chi connectivity index (χ0n) is 12.6. The predicted octanol–water partition coefficient (Wildman–Crippen LogP) is 2.09. The summed E-state index contributed by atoms with van der Waals surface area (Å²) in [5.41, 5.74) is 0. The number of aliphatic carboxylic acids is 1. The average molecular weight is 280 g/mol. The van der Waals surface area contributed by atoms with Crippen LogP contribution in [0.1, 0.15) is 51.4 Å². The molecule has 2 aliphatic heterocycles. The highest BCUT2D eigenvalue weighted by atomic mass is 16.4. The van der Waals surface area contributed by atoms with Crippen molar-refractivity contribution in [1.82, 2.24) is 10.2 Å². The molecule has 3 fully saturated rings. The minimum Gasteiger partial charge on any atom is -0.481 e. The number of piperidine rings is 1. The molecule has 0 aromatic heterocycles. The minimum absolute atomic E-state index is 0.116. The third kappa shape index (κ3) is 3.01. The summed E-state index contributed by atoms with van der Waals surface area (Å²) in [5, 5.41) is 12.8. The first-order chi connectivity index (χ1) is 9.63. The number of carboxylic acid groups (broad SMARTS) is 1. The Morgan fingerprint density at radius 1 is 1.15 bits per heavy atom. The maximum Gasteiger partial charge on any atom is 0.306 e. The molecule has 114 valence electrons. The first-order valence-corrected chi connectivity index (χ1v) is 8.31.